The molecule has 0 aliphatic carbocycles. The van der Waals surface area contributed by atoms with Gasteiger partial charge in [0.05, 0.1) is 26.4 Å². The van der Waals surface area contributed by atoms with Crippen LogP contribution in [0.1, 0.15) is 479 Å². The molecule has 0 aromatic rings. The molecule has 0 radical (unpaired) electrons. The first-order valence-electron chi connectivity index (χ1n) is 46.4. The van der Waals surface area contributed by atoms with E-state index in [1.165, 1.54) is 289 Å². The van der Waals surface area contributed by atoms with Crippen LogP contribution >= 0.6 is 15.6 Å². The van der Waals surface area contributed by atoms with Crippen molar-refractivity contribution in [2.75, 3.05) is 39.6 Å². The predicted octanol–water partition coefficient (Wildman–Crippen LogP) is 27.6. The SMILES string of the molecule is CCCCCCCCCCCCCCCCCCCCCCCC(=O)OC[C@H](COP(=O)(O)OC[C@@H](O)COP(=O)(O)OC[C@@H](COC(=O)CCCCCCCCCCCCC(C)C)OC(=O)CCCCCCCCCCCCC(C)C)OC(=O)CCCCCCCCCCCCCCCCCCCCC(C)CC. The number of hydrogen-bond donors (Lipinski definition) is 3. The molecular weight excluding hydrogens is 1410 g/mol. The van der Waals surface area contributed by atoms with Gasteiger partial charge in [0.25, 0.3) is 0 Å². The number of aliphatic hydroxyl groups excluding tert-OH is 1. The molecule has 109 heavy (non-hydrogen) atoms. The molecule has 17 nitrogen and oxygen atoms in total. The second-order valence-electron chi connectivity index (χ2n) is 33.5. The molecule has 0 heterocycles. The van der Waals surface area contributed by atoms with Crippen LogP contribution in [0.25, 0.3) is 0 Å². The van der Waals surface area contributed by atoms with E-state index < -0.39 is 97.5 Å². The largest absolute Gasteiger partial charge is 0.472 e. The number of rotatable bonds is 88. The van der Waals surface area contributed by atoms with Crippen LogP contribution in [-0.2, 0) is 65.4 Å². The van der Waals surface area contributed by atoms with Crippen LogP contribution in [0.3, 0.4) is 0 Å². The maximum atomic E-state index is 13.2. The van der Waals surface area contributed by atoms with Crippen LogP contribution in [-0.4, -0.2) is 96.7 Å². The van der Waals surface area contributed by atoms with Crippen molar-refractivity contribution in [3.8, 4) is 0 Å². The summed E-state index contributed by atoms with van der Waals surface area (Å²) in [5.41, 5.74) is 0. The van der Waals surface area contributed by atoms with Gasteiger partial charge < -0.3 is 33.8 Å². The standard InChI is InChI=1S/C90H176O17P2/c1-8-10-11-12-13-14-15-16-17-18-19-20-21-25-28-31-34-43-50-57-64-71-87(92)100-77-85(106-89(94)73-66-59-52-45-35-32-29-26-23-22-24-27-30-33-42-49-56-63-70-83(7)9-2)79-104-108(96,97)102-75-84(91)76-103-109(98,99)105-80-86(107-90(95)74-67-60-53-46-39-37-41-48-55-62-69-82(5)6)78-101-88(93)72-65-58-51-44-38-36-40-47-54-61-68-81(3)4/h81-86,91H,8-80H2,1-7H3,(H,96,97)(H,98,99)/t83?,84-,85-,86-/m1/s1. The monoisotopic (exact) mass is 1590 g/mol. The Balaban J connectivity index is 5.23. The Labute approximate surface area is 670 Å². The molecule has 0 saturated carbocycles. The van der Waals surface area contributed by atoms with E-state index in [9.17, 15) is 43.2 Å². The molecule has 0 rings (SSSR count). The summed E-state index contributed by atoms with van der Waals surface area (Å²) in [4.78, 5) is 73.4. The smallest absolute Gasteiger partial charge is 0.462 e. The van der Waals surface area contributed by atoms with E-state index in [1.807, 2.05) is 0 Å². The fraction of sp³-hybridized carbons (Fsp3) is 0.956. The Morgan fingerprint density at radius 3 is 0.697 bits per heavy atom. The fourth-order valence-corrected chi connectivity index (χ4v) is 15.6. The first-order chi connectivity index (χ1) is 52.8. The van der Waals surface area contributed by atoms with E-state index >= 15 is 0 Å². The summed E-state index contributed by atoms with van der Waals surface area (Å²) in [6.45, 7) is 12.0. The van der Waals surface area contributed by atoms with Crippen LogP contribution in [0.2, 0.25) is 0 Å². The molecule has 0 aliphatic rings. The van der Waals surface area contributed by atoms with Crippen molar-refractivity contribution in [3.05, 3.63) is 0 Å². The van der Waals surface area contributed by atoms with E-state index in [-0.39, 0.29) is 25.7 Å². The molecule has 0 fully saturated rings. The molecule has 0 aromatic carbocycles. The highest BCUT2D eigenvalue weighted by Gasteiger charge is 2.31. The highest BCUT2D eigenvalue weighted by atomic mass is 31.2. The zero-order valence-electron chi connectivity index (χ0n) is 72.0. The lowest BCUT2D eigenvalue weighted by molar-refractivity contribution is -0.161. The first-order valence-corrected chi connectivity index (χ1v) is 49.4. The van der Waals surface area contributed by atoms with Gasteiger partial charge in [0.2, 0.25) is 0 Å². The van der Waals surface area contributed by atoms with Crippen LogP contribution in [0, 0.1) is 17.8 Å². The van der Waals surface area contributed by atoms with E-state index in [1.54, 1.807) is 0 Å². The molecule has 0 amide bonds. The number of unbranched alkanes of at least 4 members (excludes halogenated alkanes) is 55. The maximum Gasteiger partial charge on any atom is 0.472 e. The predicted molar refractivity (Wildman–Crippen MR) is 451 cm³/mol. The molecular formula is C90H176O17P2. The van der Waals surface area contributed by atoms with Gasteiger partial charge >= 0.3 is 39.5 Å². The Bertz CT molecular complexity index is 2100. The van der Waals surface area contributed by atoms with E-state index in [0.29, 0.717) is 25.7 Å². The molecule has 3 unspecified atom stereocenters. The van der Waals surface area contributed by atoms with Crippen LogP contribution < -0.4 is 0 Å². The maximum absolute atomic E-state index is 13.2. The minimum Gasteiger partial charge on any atom is -0.462 e. The van der Waals surface area contributed by atoms with Crippen molar-refractivity contribution in [1.29, 1.82) is 0 Å². The molecule has 648 valence electrons. The minimum absolute atomic E-state index is 0.106. The Hall–Kier alpha value is -1.94. The number of aliphatic hydroxyl groups is 1. The summed E-state index contributed by atoms with van der Waals surface area (Å²) in [6.07, 6.45) is 72.3. The number of carbonyl (C=O) groups excluding carboxylic acids is 4. The van der Waals surface area contributed by atoms with E-state index in [2.05, 4.69) is 48.5 Å². The first kappa shape index (κ1) is 107. The molecule has 0 bridgehead atoms. The van der Waals surface area contributed by atoms with Crippen molar-refractivity contribution < 1.29 is 80.2 Å². The summed E-state index contributed by atoms with van der Waals surface area (Å²) in [5, 5.41) is 10.7. The zero-order valence-corrected chi connectivity index (χ0v) is 73.8. The van der Waals surface area contributed by atoms with Gasteiger partial charge in [0.15, 0.2) is 12.2 Å². The van der Waals surface area contributed by atoms with Gasteiger partial charge in [-0.05, 0) is 43.4 Å². The number of esters is 4. The third kappa shape index (κ3) is 82.4. The van der Waals surface area contributed by atoms with Crippen molar-refractivity contribution >= 4 is 39.5 Å². The average Bonchev–Trinajstić information content (AvgIpc) is 0.898. The third-order valence-electron chi connectivity index (χ3n) is 21.5. The summed E-state index contributed by atoms with van der Waals surface area (Å²) < 4.78 is 69.0. The molecule has 6 atom stereocenters. The van der Waals surface area contributed by atoms with Gasteiger partial charge in [0.1, 0.15) is 19.3 Å². The Kier molecular flexibility index (Phi) is 78.5. The van der Waals surface area contributed by atoms with Gasteiger partial charge in [-0.1, -0.05) is 427 Å². The Morgan fingerprint density at radius 2 is 0.468 bits per heavy atom. The van der Waals surface area contributed by atoms with Gasteiger partial charge in [-0.25, -0.2) is 9.13 Å². The number of phosphoric ester groups is 2. The van der Waals surface area contributed by atoms with Crippen LogP contribution in [0.15, 0.2) is 0 Å². The van der Waals surface area contributed by atoms with Gasteiger partial charge in [0, 0.05) is 25.7 Å². The normalized spacial score (nSPS) is 14.1. The highest BCUT2D eigenvalue weighted by Crippen LogP contribution is 2.45. The summed E-state index contributed by atoms with van der Waals surface area (Å²) >= 11 is 0. The van der Waals surface area contributed by atoms with E-state index in [4.69, 9.17) is 37.0 Å². The number of hydrogen-bond acceptors (Lipinski definition) is 15. The van der Waals surface area contributed by atoms with Crippen LogP contribution in [0.4, 0.5) is 0 Å². The lowest BCUT2D eigenvalue weighted by Crippen LogP contribution is -2.30. The summed E-state index contributed by atoms with van der Waals surface area (Å²) in [6, 6.07) is 0. The van der Waals surface area contributed by atoms with Crippen molar-refractivity contribution in [2.45, 2.75) is 497 Å². The van der Waals surface area contributed by atoms with Gasteiger partial charge in [-0.2, -0.15) is 0 Å². The average molecular weight is 1590 g/mol. The second kappa shape index (κ2) is 79.9. The number of carbonyl (C=O) groups is 4. The molecule has 0 aliphatic heterocycles. The highest BCUT2D eigenvalue weighted by molar-refractivity contribution is 7.47. The quantitative estimate of drug-likeness (QED) is 0.0222. The number of ether oxygens (including phenoxy) is 4. The zero-order chi connectivity index (χ0) is 80.0. The van der Waals surface area contributed by atoms with Gasteiger partial charge in [-0.15, -0.1) is 0 Å². The third-order valence-corrected chi connectivity index (χ3v) is 23.4. The number of phosphoric acid groups is 2. The second-order valence-corrected chi connectivity index (χ2v) is 36.4. The molecule has 0 saturated heterocycles. The van der Waals surface area contributed by atoms with Crippen molar-refractivity contribution in [3.63, 3.8) is 0 Å². The van der Waals surface area contributed by atoms with Crippen molar-refractivity contribution in [2.24, 2.45) is 17.8 Å². The van der Waals surface area contributed by atoms with Crippen molar-refractivity contribution in [1.82, 2.24) is 0 Å². The lowest BCUT2D eigenvalue weighted by atomic mass is 9.99. The minimum atomic E-state index is -4.97. The summed E-state index contributed by atoms with van der Waals surface area (Å²) in [5.74, 6) is 0.280. The molecule has 19 heteroatoms. The molecule has 3 N–H and O–H groups in total. The van der Waals surface area contributed by atoms with Crippen LogP contribution in [0.5, 0.6) is 0 Å². The lowest BCUT2D eigenvalue weighted by Gasteiger charge is -2.21. The van der Waals surface area contributed by atoms with E-state index in [0.717, 1.165) is 108 Å². The topological polar surface area (TPSA) is 237 Å². The Morgan fingerprint density at radius 1 is 0.266 bits per heavy atom. The molecule has 0 spiro atoms. The summed E-state index contributed by atoms with van der Waals surface area (Å²) in [7, 11) is -9.93. The fourth-order valence-electron chi connectivity index (χ4n) is 14.0. The molecule has 0 aromatic heterocycles. The van der Waals surface area contributed by atoms with Gasteiger partial charge in [-0.3, -0.25) is 37.3 Å².